The van der Waals surface area contributed by atoms with Gasteiger partial charge in [0.2, 0.25) is 5.79 Å². The minimum absolute atomic E-state index is 0.180. The molecule has 7 atom stereocenters. The maximum Gasteiger partial charge on any atom is 0.336 e. The average Bonchev–Trinajstić information content (AvgIpc) is 3.27. The minimum atomic E-state index is -1.64. The molecule has 47 heavy (non-hydrogen) atoms. The van der Waals surface area contributed by atoms with Crippen LogP contribution < -0.4 is 0 Å². The molecule has 0 bridgehead atoms. The highest BCUT2D eigenvalue weighted by Gasteiger charge is 2.35. The third-order valence-corrected chi connectivity index (χ3v) is 9.13. The fourth-order valence-electron chi connectivity index (χ4n) is 6.25. The molecule has 0 saturated carbocycles. The predicted octanol–water partition coefficient (Wildman–Crippen LogP) is 5.91. The number of aliphatic hydroxyl groups excluding tert-OH is 5. The molecule has 0 fully saturated rings. The normalized spacial score (nSPS) is 20.3. The van der Waals surface area contributed by atoms with Gasteiger partial charge in [0.15, 0.2) is 0 Å². The molecule has 0 spiro atoms. The molecular formula is C37H68O10. The lowest BCUT2D eigenvalue weighted by Gasteiger charge is -2.22. The van der Waals surface area contributed by atoms with Crippen LogP contribution in [0.3, 0.4) is 0 Å². The Bertz CT molecular complexity index is 860. The Morgan fingerprint density at radius 1 is 0.681 bits per heavy atom. The number of esters is 2. The van der Waals surface area contributed by atoms with Crippen molar-refractivity contribution in [3.8, 4) is 0 Å². The van der Waals surface area contributed by atoms with Gasteiger partial charge in [0, 0.05) is 25.8 Å². The lowest BCUT2D eigenvalue weighted by Crippen LogP contribution is -2.31. The summed E-state index contributed by atoms with van der Waals surface area (Å²) < 4.78 is 10.2. The maximum absolute atomic E-state index is 11.9. The van der Waals surface area contributed by atoms with Crippen LogP contribution in [0.1, 0.15) is 168 Å². The topological polar surface area (TPSA) is 174 Å². The van der Waals surface area contributed by atoms with Crippen LogP contribution in [-0.4, -0.2) is 85.0 Å². The van der Waals surface area contributed by atoms with Gasteiger partial charge in [-0.1, -0.05) is 96.8 Å². The Balaban J connectivity index is 2.10. The molecule has 0 aromatic rings. The number of hydrogen-bond donors (Lipinski definition) is 6. The van der Waals surface area contributed by atoms with Gasteiger partial charge in [0.25, 0.3) is 0 Å². The first-order valence-electron chi connectivity index (χ1n) is 18.6. The van der Waals surface area contributed by atoms with E-state index in [1.807, 2.05) is 0 Å². The molecule has 0 radical (unpaired) electrons. The molecule has 1 aliphatic rings. The van der Waals surface area contributed by atoms with Crippen molar-refractivity contribution in [1.29, 1.82) is 0 Å². The van der Waals surface area contributed by atoms with E-state index in [9.17, 15) is 40.2 Å². The number of hydrogen-bond acceptors (Lipinski definition) is 10. The van der Waals surface area contributed by atoms with Gasteiger partial charge in [-0.25, -0.2) is 4.79 Å². The summed E-state index contributed by atoms with van der Waals surface area (Å²) in [7, 11) is 0. The van der Waals surface area contributed by atoms with Gasteiger partial charge in [-0.2, -0.15) is 0 Å². The second-order valence-electron chi connectivity index (χ2n) is 13.9. The van der Waals surface area contributed by atoms with Crippen molar-refractivity contribution in [3.05, 3.63) is 11.6 Å². The van der Waals surface area contributed by atoms with Gasteiger partial charge in [-0.15, -0.1) is 0 Å². The zero-order valence-electron chi connectivity index (χ0n) is 29.6. The third kappa shape index (κ3) is 21.9. The first-order chi connectivity index (χ1) is 22.3. The largest absolute Gasteiger partial charge is 0.462 e. The number of ether oxygens (including phenoxy) is 2. The van der Waals surface area contributed by atoms with Crippen LogP contribution in [0.4, 0.5) is 0 Å². The second-order valence-corrected chi connectivity index (χ2v) is 13.9. The Kier molecular flexibility index (Phi) is 23.5. The number of carbonyl (C=O) groups is 2. The minimum Gasteiger partial charge on any atom is -0.462 e. The van der Waals surface area contributed by atoms with E-state index in [0.29, 0.717) is 50.5 Å². The first kappa shape index (κ1) is 43.5. The van der Waals surface area contributed by atoms with Crippen LogP contribution >= 0.6 is 0 Å². The molecule has 6 N–H and O–H groups in total. The zero-order chi connectivity index (χ0) is 35.1. The van der Waals surface area contributed by atoms with Crippen LogP contribution in [0.5, 0.6) is 0 Å². The van der Waals surface area contributed by atoms with Gasteiger partial charge < -0.3 is 40.1 Å². The Hall–Kier alpha value is -1.56. The average molecular weight is 673 g/mol. The van der Waals surface area contributed by atoms with Crippen LogP contribution in [0.15, 0.2) is 11.6 Å². The molecule has 10 heteroatoms. The highest BCUT2D eigenvalue weighted by atomic mass is 16.7. The van der Waals surface area contributed by atoms with E-state index in [4.69, 9.17) is 9.47 Å². The van der Waals surface area contributed by atoms with Crippen LogP contribution in [0, 0.1) is 0 Å². The van der Waals surface area contributed by atoms with E-state index in [0.717, 1.165) is 38.5 Å². The lowest BCUT2D eigenvalue weighted by molar-refractivity contribution is -0.173. The van der Waals surface area contributed by atoms with Crippen LogP contribution in [0.2, 0.25) is 0 Å². The molecule has 0 aromatic heterocycles. The summed E-state index contributed by atoms with van der Waals surface area (Å²) >= 11 is 0. The van der Waals surface area contributed by atoms with E-state index in [1.165, 1.54) is 64.9 Å². The SMILES string of the molecule is CCCCCCCCCCCCC(O)C(O)CCC(O)C(O)CCCCC(O)CCCCCC(CC1=CC(C)(O)OC1=O)OC(C)=O. The molecule has 0 aromatic carbocycles. The van der Waals surface area contributed by atoms with Crippen molar-refractivity contribution in [2.75, 3.05) is 0 Å². The maximum atomic E-state index is 11.9. The van der Waals surface area contributed by atoms with E-state index in [2.05, 4.69) is 6.92 Å². The summed E-state index contributed by atoms with van der Waals surface area (Å²) in [4.78, 5) is 23.4. The van der Waals surface area contributed by atoms with E-state index in [-0.39, 0.29) is 19.3 Å². The van der Waals surface area contributed by atoms with Crippen LogP contribution in [0.25, 0.3) is 0 Å². The van der Waals surface area contributed by atoms with Crippen molar-refractivity contribution in [3.63, 3.8) is 0 Å². The van der Waals surface area contributed by atoms with Crippen molar-refractivity contribution in [2.45, 2.75) is 211 Å². The summed E-state index contributed by atoms with van der Waals surface area (Å²) in [5.41, 5.74) is 0.292. The first-order valence-corrected chi connectivity index (χ1v) is 18.6. The van der Waals surface area contributed by atoms with Gasteiger partial charge >= 0.3 is 11.9 Å². The van der Waals surface area contributed by atoms with E-state index < -0.39 is 54.3 Å². The Morgan fingerprint density at radius 3 is 1.57 bits per heavy atom. The van der Waals surface area contributed by atoms with Gasteiger partial charge in [0.05, 0.1) is 30.5 Å². The smallest absolute Gasteiger partial charge is 0.336 e. The zero-order valence-corrected chi connectivity index (χ0v) is 29.6. The molecule has 1 aliphatic heterocycles. The molecule has 7 unspecified atom stereocenters. The summed E-state index contributed by atoms with van der Waals surface area (Å²) in [5.74, 6) is -2.69. The highest BCUT2D eigenvalue weighted by Crippen LogP contribution is 2.27. The Morgan fingerprint density at radius 2 is 1.09 bits per heavy atom. The molecule has 0 aliphatic carbocycles. The quantitative estimate of drug-likeness (QED) is 0.0398. The van der Waals surface area contributed by atoms with Crippen molar-refractivity contribution >= 4 is 11.9 Å². The fourth-order valence-corrected chi connectivity index (χ4v) is 6.25. The standard InChI is InChI=1S/C37H68O10/c1-4-5-6-7-8-9-10-11-12-16-22-32(40)34(42)24-25-35(43)33(41)23-18-17-20-30(39)19-14-13-15-21-31(46-28(2)38)26-29-27-37(3,45)47-36(29)44/h27,30-35,39-43,45H,4-26H2,1-3H3. The number of cyclic esters (lactones) is 1. The third-order valence-electron chi connectivity index (χ3n) is 9.13. The van der Waals surface area contributed by atoms with Gasteiger partial charge in [0.1, 0.15) is 6.10 Å². The van der Waals surface area contributed by atoms with Crippen molar-refractivity contribution in [1.82, 2.24) is 0 Å². The second kappa shape index (κ2) is 25.4. The Labute approximate surface area is 283 Å². The van der Waals surface area contributed by atoms with Crippen molar-refractivity contribution in [2.24, 2.45) is 0 Å². The lowest BCUT2D eigenvalue weighted by atomic mass is 9.96. The molecule has 1 rings (SSSR count). The molecule has 0 saturated heterocycles. The van der Waals surface area contributed by atoms with Crippen molar-refractivity contribution < 1.29 is 49.7 Å². The summed E-state index contributed by atoms with van der Waals surface area (Å²) in [5, 5.41) is 61.5. The van der Waals surface area contributed by atoms with E-state index >= 15 is 0 Å². The monoisotopic (exact) mass is 672 g/mol. The fraction of sp³-hybridized carbons (Fsp3) is 0.892. The van der Waals surface area contributed by atoms with Gasteiger partial charge in [-0.05, 0) is 57.4 Å². The van der Waals surface area contributed by atoms with E-state index in [1.54, 1.807) is 0 Å². The molecule has 10 nitrogen and oxygen atoms in total. The predicted molar refractivity (Wildman–Crippen MR) is 182 cm³/mol. The summed E-state index contributed by atoms with van der Waals surface area (Å²) in [6, 6.07) is 0. The number of aliphatic hydroxyl groups is 6. The summed E-state index contributed by atoms with van der Waals surface area (Å²) in [6.07, 6.45) is 16.1. The summed E-state index contributed by atoms with van der Waals surface area (Å²) in [6.45, 7) is 4.91. The number of carbonyl (C=O) groups excluding carboxylic acids is 2. The molecule has 0 amide bonds. The number of rotatable bonds is 30. The molecule has 276 valence electrons. The molecule has 1 heterocycles. The molecular weight excluding hydrogens is 604 g/mol. The van der Waals surface area contributed by atoms with Gasteiger partial charge in [-0.3, -0.25) is 4.79 Å². The number of unbranched alkanes of at least 4 members (excludes halogenated alkanes) is 12. The highest BCUT2D eigenvalue weighted by molar-refractivity contribution is 5.91. The van der Waals surface area contributed by atoms with Crippen LogP contribution in [-0.2, 0) is 19.1 Å².